The molecule has 2 aromatic heterocycles. The van der Waals surface area contributed by atoms with Gasteiger partial charge in [0.25, 0.3) is 5.91 Å². The first-order chi connectivity index (χ1) is 16.0. The molecule has 3 heterocycles. The van der Waals surface area contributed by atoms with Crippen molar-refractivity contribution in [3.8, 4) is 0 Å². The second-order valence-corrected chi connectivity index (χ2v) is 8.81. The van der Waals surface area contributed by atoms with Crippen molar-refractivity contribution >= 4 is 22.8 Å². The van der Waals surface area contributed by atoms with Crippen molar-refractivity contribution in [2.75, 3.05) is 20.1 Å². The average Bonchev–Trinajstić information content (AvgIpc) is 3.18. The number of aryl methyl sites for hydroxylation is 2. The van der Waals surface area contributed by atoms with Crippen LogP contribution >= 0.6 is 0 Å². The predicted octanol–water partition coefficient (Wildman–Crippen LogP) is 4.97. The van der Waals surface area contributed by atoms with Gasteiger partial charge in [0.05, 0.1) is 17.4 Å². The van der Waals surface area contributed by atoms with Gasteiger partial charge in [0.15, 0.2) is 0 Å². The molecule has 0 radical (unpaired) electrons. The minimum atomic E-state index is -0.188. The number of hydrogen-bond donors (Lipinski definition) is 1. The first-order valence-electron chi connectivity index (χ1n) is 12.2. The van der Waals surface area contributed by atoms with Crippen LogP contribution in [0.3, 0.4) is 0 Å². The lowest BCUT2D eigenvalue weighted by molar-refractivity contribution is 0.0938. The summed E-state index contributed by atoms with van der Waals surface area (Å²) in [7, 11) is 2.09. The lowest BCUT2D eigenvalue weighted by Gasteiger charge is -2.21. The molecule has 1 aliphatic rings. The van der Waals surface area contributed by atoms with E-state index in [0.29, 0.717) is 0 Å². The number of fused-ring (bicyclic) bond motifs is 2. The fourth-order valence-corrected chi connectivity index (χ4v) is 4.56. The highest BCUT2D eigenvalue weighted by Crippen LogP contribution is 2.25. The summed E-state index contributed by atoms with van der Waals surface area (Å²) in [5, 5.41) is 4.28. The standard InChI is InChI=1S/C27H35N5O/c1-5-28-26(31(4)6-2)24-18-21-15-16-23-19(3)29-27(33)22-14-10-9-13-20(22)12-8-7-11-17-32(24)25(21)30-23/h9-10,13-16,18-19H,5-8,11-12,17H2,1-4H3,(H,29,33)/b28-26-/t19-/m1/s1. The van der Waals surface area contributed by atoms with E-state index in [1.54, 1.807) is 0 Å². The summed E-state index contributed by atoms with van der Waals surface area (Å²) in [5.74, 6) is 0.978. The summed E-state index contributed by atoms with van der Waals surface area (Å²) in [5.41, 5.74) is 4.85. The Balaban J connectivity index is 1.79. The van der Waals surface area contributed by atoms with Crippen LogP contribution in [-0.4, -0.2) is 46.3 Å². The van der Waals surface area contributed by atoms with Crippen LogP contribution in [0, 0.1) is 0 Å². The van der Waals surface area contributed by atoms with E-state index in [9.17, 15) is 4.79 Å². The van der Waals surface area contributed by atoms with Gasteiger partial charge < -0.3 is 14.8 Å². The smallest absolute Gasteiger partial charge is 0.252 e. The fraction of sp³-hybridized carbons (Fsp3) is 0.444. The van der Waals surface area contributed by atoms with E-state index in [2.05, 4.69) is 53.9 Å². The maximum absolute atomic E-state index is 13.1. The largest absolute Gasteiger partial charge is 0.359 e. The van der Waals surface area contributed by atoms with Crippen molar-refractivity contribution in [3.05, 3.63) is 65.0 Å². The monoisotopic (exact) mass is 445 g/mol. The zero-order valence-electron chi connectivity index (χ0n) is 20.3. The van der Waals surface area contributed by atoms with Gasteiger partial charge in [0, 0.05) is 37.6 Å². The molecule has 0 fully saturated rings. The van der Waals surface area contributed by atoms with Crippen molar-refractivity contribution in [2.45, 2.75) is 59.0 Å². The van der Waals surface area contributed by atoms with Crippen molar-refractivity contribution in [2.24, 2.45) is 4.99 Å². The van der Waals surface area contributed by atoms with Gasteiger partial charge in [-0.2, -0.15) is 0 Å². The van der Waals surface area contributed by atoms with E-state index in [4.69, 9.17) is 9.98 Å². The fourth-order valence-electron chi connectivity index (χ4n) is 4.56. The summed E-state index contributed by atoms with van der Waals surface area (Å²) in [6, 6.07) is 14.1. The van der Waals surface area contributed by atoms with Gasteiger partial charge in [-0.05, 0) is 69.9 Å². The SMILES string of the molecule is CC/N=C(/c1cc2ccc3nc2n1CCCCCc1ccccc1C(=O)N[C@@H]3C)N(C)CC. The van der Waals surface area contributed by atoms with Crippen LogP contribution < -0.4 is 5.32 Å². The van der Waals surface area contributed by atoms with Gasteiger partial charge in [0.2, 0.25) is 0 Å². The number of amides is 1. The molecule has 4 rings (SSSR count). The number of rotatable bonds is 3. The van der Waals surface area contributed by atoms with E-state index < -0.39 is 0 Å². The van der Waals surface area contributed by atoms with Crippen molar-refractivity contribution < 1.29 is 4.79 Å². The topological polar surface area (TPSA) is 62.5 Å². The number of aromatic nitrogens is 2. The summed E-state index contributed by atoms with van der Waals surface area (Å²) >= 11 is 0. The van der Waals surface area contributed by atoms with Crippen molar-refractivity contribution in [1.82, 2.24) is 19.8 Å². The van der Waals surface area contributed by atoms with E-state index >= 15 is 0 Å². The Morgan fingerprint density at radius 3 is 2.79 bits per heavy atom. The number of carbonyl (C=O) groups is 1. The van der Waals surface area contributed by atoms with Crippen LogP contribution in [0.5, 0.6) is 0 Å². The maximum Gasteiger partial charge on any atom is 0.252 e. The van der Waals surface area contributed by atoms with Gasteiger partial charge in [-0.15, -0.1) is 0 Å². The van der Waals surface area contributed by atoms with Crippen molar-refractivity contribution in [3.63, 3.8) is 0 Å². The first kappa shape index (κ1) is 23.0. The molecular formula is C27H35N5O. The number of pyridine rings is 1. The number of amidine groups is 1. The van der Waals surface area contributed by atoms with E-state index in [1.807, 2.05) is 31.2 Å². The van der Waals surface area contributed by atoms with Crippen LogP contribution in [0.25, 0.3) is 11.0 Å². The van der Waals surface area contributed by atoms with Gasteiger partial charge in [0.1, 0.15) is 11.5 Å². The number of hydrogen-bond acceptors (Lipinski definition) is 3. The van der Waals surface area contributed by atoms with Gasteiger partial charge in [-0.3, -0.25) is 9.79 Å². The quantitative estimate of drug-likeness (QED) is 0.457. The second-order valence-electron chi connectivity index (χ2n) is 8.81. The molecule has 1 atom stereocenters. The Labute approximate surface area is 196 Å². The van der Waals surface area contributed by atoms with Gasteiger partial charge in [-0.25, -0.2) is 4.98 Å². The summed E-state index contributed by atoms with van der Waals surface area (Å²) in [6.07, 6.45) is 4.12. The number of aliphatic imine (C=N–C) groups is 1. The molecule has 6 nitrogen and oxygen atoms in total. The molecular weight excluding hydrogens is 410 g/mol. The first-order valence-corrected chi connectivity index (χ1v) is 12.2. The highest BCUT2D eigenvalue weighted by molar-refractivity contribution is 6.01. The molecule has 0 spiro atoms. The molecule has 1 aromatic carbocycles. The molecule has 33 heavy (non-hydrogen) atoms. The number of benzene rings is 1. The molecule has 6 heteroatoms. The highest BCUT2D eigenvalue weighted by atomic mass is 16.1. The molecule has 3 aromatic rings. The van der Waals surface area contributed by atoms with E-state index in [0.717, 1.165) is 84.7 Å². The minimum absolute atomic E-state index is 0.0323. The van der Waals surface area contributed by atoms with Gasteiger partial charge in [-0.1, -0.05) is 24.6 Å². The third-order valence-corrected chi connectivity index (χ3v) is 6.52. The molecule has 1 aliphatic heterocycles. The Morgan fingerprint density at radius 2 is 2.00 bits per heavy atom. The molecule has 0 unspecified atom stereocenters. The highest BCUT2D eigenvalue weighted by Gasteiger charge is 2.20. The van der Waals surface area contributed by atoms with Crippen LogP contribution in [0.2, 0.25) is 0 Å². The molecule has 0 saturated heterocycles. The normalized spacial score (nSPS) is 17.5. The molecule has 174 valence electrons. The van der Waals surface area contributed by atoms with Gasteiger partial charge >= 0.3 is 0 Å². The summed E-state index contributed by atoms with van der Waals surface area (Å²) in [6.45, 7) is 8.76. The Morgan fingerprint density at radius 1 is 1.18 bits per heavy atom. The zero-order valence-corrected chi connectivity index (χ0v) is 20.3. The predicted molar refractivity (Wildman–Crippen MR) is 135 cm³/mol. The molecule has 1 amide bonds. The Kier molecular flexibility index (Phi) is 7.11. The van der Waals surface area contributed by atoms with Crippen molar-refractivity contribution in [1.29, 1.82) is 0 Å². The van der Waals surface area contributed by atoms with E-state index in [1.165, 1.54) is 0 Å². The Hall–Kier alpha value is -3.15. The molecule has 0 aliphatic carbocycles. The maximum atomic E-state index is 13.1. The second kappa shape index (κ2) is 10.2. The molecule has 2 bridgehead atoms. The minimum Gasteiger partial charge on any atom is -0.359 e. The molecule has 0 saturated carbocycles. The zero-order chi connectivity index (χ0) is 23.4. The number of nitrogens with zero attached hydrogens (tertiary/aromatic N) is 4. The average molecular weight is 446 g/mol. The van der Waals surface area contributed by atoms with Crippen LogP contribution in [0.4, 0.5) is 0 Å². The van der Waals surface area contributed by atoms with Crippen LogP contribution in [-0.2, 0) is 13.0 Å². The van der Waals surface area contributed by atoms with Crippen LogP contribution in [0.1, 0.15) is 73.4 Å². The number of carbonyl (C=O) groups excluding carboxylic acids is 1. The summed E-state index contributed by atoms with van der Waals surface area (Å²) in [4.78, 5) is 25.1. The Bertz CT molecular complexity index is 1160. The van der Waals surface area contributed by atoms with Crippen LogP contribution in [0.15, 0.2) is 47.5 Å². The third kappa shape index (κ3) is 4.80. The number of nitrogens with one attached hydrogen (secondary N) is 1. The summed E-state index contributed by atoms with van der Waals surface area (Å²) < 4.78 is 2.33. The third-order valence-electron chi connectivity index (χ3n) is 6.52. The molecule has 1 N–H and O–H groups in total. The lowest BCUT2D eigenvalue weighted by atomic mass is 10.00. The lowest BCUT2D eigenvalue weighted by Crippen LogP contribution is -2.30. The van der Waals surface area contributed by atoms with E-state index in [-0.39, 0.29) is 11.9 Å².